The first kappa shape index (κ1) is 15.7. The average Bonchev–Trinajstić information content (AvgIpc) is 2.62. The number of rotatable bonds is 3. The van der Waals surface area contributed by atoms with Crippen molar-refractivity contribution in [3.05, 3.63) is 60.4 Å². The molecule has 6 nitrogen and oxygen atoms in total. The summed E-state index contributed by atoms with van der Waals surface area (Å²) in [5.74, 6) is -1.83. The molecule has 2 amide bonds. The minimum Gasteiger partial charge on any atom is -0.497 e. The molecule has 1 aliphatic rings. The van der Waals surface area contributed by atoms with Crippen LogP contribution in [0.4, 0.5) is 0 Å². The molecular formula is C18H16N3O3+. The summed E-state index contributed by atoms with van der Waals surface area (Å²) in [6.07, 6.45) is 3.51. The Morgan fingerprint density at radius 3 is 2.33 bits per heavy atom. The Balaban J connectivity index is 2.11. The first-order chi connectivity index (χ1) is 11.7. The topological polar surface area (TPSA) is 83.1 Å². The second-order valence-electron chi connectivity index (χ2n) is 5.53. The third-order valence-corrected chi connectivity index (χ3v) is 4.20. The number of benzene rings is 1. The van der Waals surface area contributed by atoms with E-state index in [0.717, 1.165) is 5.56 Å². The summed E-state index contributed by atoms with van der Waals surface area (Å²) < 4.78 is 6.87. The smallest absolute Gasteiger partial charge is 0.296 e. The molecule has 1 aromatic carbocycles. The SMILES string of the molecule is COc1ccc([C@@H]2[C@@H](C#N)C(=O)NC(=O)[C@@H]2[n+]2ccccc2)cc1. The third kappa shape index (κ3) is 2.72. The molecule has 2 heterocycles. The van der Waals surface area contributed by atoms with Gasteiger partial charge in [-0.15, -0.1) is 0 Å². The predicted octanol–water partition coefficient (Wildman–Crippen LogP) is 1.10. The molecule has 1 N–H and O–H groups in total. The van der Waals surface area contributed by atoms with E-state index in [-0.39, 0.29) is 0 Å². The molecule has 0 radical (unpaired) electrons. The highest BCUT2D eigenvalue weighted by Crippen LogP contribution is 2.36. The van der Waals surface area contributed by atoms with Crippen LogP contribution < -0.4 is 14.6 Å². The van der Waals surface area contributed by atoms with Crippen LogP contribution in [0.25, 0.3) is 0 Å². The molecule has 24 heavy (non-hydrogen) atoms. The van der Waals surface area contributed by atoms with Gasteiger partial charge in [-0.3, -0.25) is 14.9 Å². The molecule has 3 atom stereocenters. The molecule has 2 aromatic rings. The normalized spacial score (nSPS) is 23.2. The van der Waals surface area contributed by atoms with Gasteiger partial charge in [-0.2, -0.15) is 9.83 Å². The van der Waals surface area contributed by atoms with Gasteiger partial charge in [-0.05, 0) is 17.7 Å². The van der Waals surface area contributed by atoms with E-state index in [9.17, 15) is 14.9 Å². The van der Waals surface area contributed by atoms with Crippen LogP contribution in [0.3, 0.4) is 0 Å². The number of carbonyl (C=O) groups is 2. The van der Waals surface area contributed by atoms with E-state index in [1.807, 2.05) is 12.1 Å². The van der Waals surface area contributed by atoms with Gasteiger partial charge in [0.15, 0.2) is 12.4 Å². The number of amides is 2. The summed E-state index contributed by atoms with van der Waals surface area (Å²) >= 11 is 0. The highest BCUT2D eigenvalue weighted by Gasteiger charge is 2.50. The predicted molar refractivity (Wildman–Crippen MR) is 83.7 cm³/mol. The lowest BCUT2D eigenvalue weighted by atomic mass is 9.77. The zero-order valence-corrected chi connectivity index (χ0v) is 13.0. The lowest BCUT2D eigenvalue weighted by Crippen LogP contribution is -2.59. The Morgan fingerprint density at radius 1 is 1.08 bits per heavy atom. The van der Waals surface area contributed by atoms with Crippen LogP contribution in [0.5, 0.6) is 5.75 Å². The Morgan fingerprint density at radius 2 is 1.75 bits per heavy atom. The zero-order chi connectivity index (χ0) is 17.1. The van der Waals surface area contributed by atoms with Gasteiger partial charge in [0.05, 0.1) is 19.1 Å². The summed E-state index contributed by atoms with van der Waals surface area (Å²) in [7, 11) is 1.56. The number of methoxy groups -OCH3 is 1. The van der Waals surface area contributed by atoms with Crippen molar-refractivity contribution in [1.82, 2.24) is 5.32 Å². The molecule has 6 heteroatoms. The Kier molecular flexibility index (Phi) is 4.25. The fourth-order valence-electron chi connectivity index (χ4n) is 3.04. The standard InChI is InChI=1S/C18H15N3O3/c1-24-13-7-5-12(6-8-13)15-14(11-19)17(22)20-18(23)16(15)21-9-3-2-4-10-21/h2-10,14-16H,1H3/p+1/t14-,15-,16-/m1/s1. The number of carbonyl (C=O) groups excluding carboxylic acids is 2. The van der Waals surface area contributed by atoms with E-state index in [1.165, 1.54) is 0 Å². The summed E-state index contributed by atoms with van der Waals surface area (Å²) in [5, 5.41) is 11.8. The third-order valence-electron chi connectivity index (χ3n) is 4.20. The molecule has 0 saturated carbocycles. The van der Waals surface area contributed by atoms with Gasteiger partial charge >= 0.3 is 0 Å². The quantitative estimate of drug-likeness (QED) is 0.678. The second-order valence-corrected chi connectivity index (χ2v) is 5.53. The van der Waals surface area contributed by atoms with Gasteiger partial charge < -0.3 is 4.74 Å². The summed E-state index contributed by atoms with van der Waals surface area (Å²) in [5.41, 5.74) is 0.743. The van der Waals surface area contributed by atoms with Crippen LogP contribution >= 0.6 is 0 Å². The summed E-state index contributed by atoms with van der Waals surface area (Å²) in [6, 6.07) is 13.9. The van der Waals surface area contributed by atoms with Gasteiger partial charge in [0, 0.05) is 12.1 Å². The Bertz CT molecular complexity index is 797. The molecule has 0 spiro atoms. The monoisotopic (exact) mass is 322 g/mol. The van der Waals surface area contributed by atoms with Crippen molar-refractivity contribution in [3.63, 3.8) is 0 Å². The van der Waals surface area contributed by atoms with Crippen LogP contribution in [-0.4, -0.2) is 18.9 Å². The molecule has 0 aliphatic carbocycles. The molecule has 0 bridgehead atoms. The Hall–Kier alpha value is -3.20. The largest absolute Gasteiger partial charge is 0.497 e. The van der Waals surface area contributed by atoms with Crippen molar-refractivity contribution in [2.75, 3.05) is 7.11 Å². The van der Waals surface area contributed by atoms with Crippen LogP contribution in [0, 0.1) is 17.2 Å². The van der Waals surface area contributed by atoms with E-state index >= 15 is 0 Å². The minimum absolute atomic E-state index is 0.413. The van der Waals surface area contributed by atoms with Crippen LogP contribution in [0.15, 0.2) is 54.9 Å². The minimum atomic E-state index is -0.950. The number of nitrogens with one attached hydrogen (secondary N) is 1. The number of aromatic nitrogens is 1. The number of piperidine rings is 1. The van der Waals surface area contributed by atoms with Crippen molar-refractivity contribution >= 4 is 11.8 Å². The van der Waals surface area contributed by atoms with E-state index < -0.39 is 29.7 Å². The van der Waals surface area contributed by atoms with Crippen molar-refractivity contribution in [3.8, 4) is 11.8 Å². The number of ether oxygens (including phenoxy) is 1. The van der Waals surface area contributed by atoms with Crippen LogP contribution in [0.1, 0.15) is 17.5 Å². The van der Waals surface area contributed by atoms with Gasteiger partial charge in [-0.25, -0.2) is 0 Å². The summed E-state index contributed by atoms with van der Waals surface area (Å²) in [4.78, 5) is 24.6. The molecular weight excluding hydrogens is 306 g/mol. The number of imide groups is 1. The summed E-state index contributed by atoms with van der Waals surface area (Å²) in [6.45, 7) is 0. The number of hydrogen-bond acceptors (Lipinski definition) is 4. The van der Waals surface area contributed by atoms with Gasteiger partial charge in [-0.1, -0.05) is 18.2 Å². The van der Waals surface area contributed by atoms with E-state index in [0.29, 0.717) is 5.75 Å². The zero-order valence-electron chi connectivity index (χ0n) is 13.0. The number of hydrogen-bond donors (Lipinski definition) is 1. The van der Waals surface area contributed by atoms with E-state index in [1.54, 1.807) is 60.5 Å². The molecule has 1 aliphatic heterocycles. The van der Waals surface area contributed by atoms with Crippen molar-refractivity contribution in [2.45, 2.75) is 12.0 Å². The Labute approximate surface area is 139 Å². The maximum Gasteiger partial charge on any atom is 0.296 e. The fourth-order valence-corrected chi connectivity index (χ4v) is 3.04. The molecule has 1 aromatic heterocycles. The van der Waals surface area contributed by atoms with Gasteiger partial charge in [0.25, 0.3) is 5.91 Å². The number of nitrogens with zero attached hydrogens (tertiary/aromatic N) is 2. The maximum absolute atomic E-state index is 12.5. The fraction of sp³-hybridized carbons (Fsp3) is 0.222. The van der Waals surface area contributed by atoms with Crippen molar-refractivity contribution < 1.29 is 18.9 Å². The molecule has 1 saturated heterocycles. The van der Waals surface area contributed by atoms with Gasteiger partial charge in [0.2, 0.25) is 11.9 Å². The van der Waals surface area contributed by atoms with E-state index in [4.69, 9.17) is 4.74 Å². The lowest BCUT2D eigenvalue weighted by molar-refractivity contribution is -0.713. The van der Waals surface area contributed by atoms with E-state index in [2.05, 4.69) is 5.32 Å². The molecule has 3 rings (SSSR count). The van der Waals surface area contributed by atoms with Crippen LogP contribution in [-0.2, 0) is 9.59 Å². The number of pyridine rings is 1. The van der Waals surface area contributed by atoms with Gasteiger partial charge in [0.1, 0.15) is 11.7 Å². The molecule has 1 fully saturated rings. The second kappa shape index (κ2) is 6.50. The highest BCUT2D eigenvalue weighted by molar-refractivity contribution is 6.02. The maximum atomic E-state index is 12.5. The first-order valence-corrected chi connectivity index (χ1v) is 7.49. The first-order valence-electron chi connectivity index (χ1n) is 7.49. The van der Waals surface area contributed by atoms with Crippen molar-refractivity contribution in [1.29, 1.82) is 5.26 Å². The van der Waals surface area contributed by atoms with Crippen LogP contribution in [0.2, 0.25) is 0 Å². The highest BCUT2D eigenvalue weighted by atomic mass is 16.5. The number of nitriles is 1. The average molecular weight is 322 g/mol. The molecule has 0 unspecified atom stereocenters. The lowest BCUT2D eigenvalue weighted by Gasteiger charge is -2.30. The van der Waals surface area contributed by atoms with Crippen molar-refractivity contribution in [2.24, 2.45) is 5.92 Å². The molecule has 120 valence electrons.